The molecule has 0 aliphatic rings. The van der Waals surface area contributed by atoms with Crippen LogP contribution in [0.15, 0.2) is 83.6 Å². The van der Waals surface area contributed by atoms with Crippen molar-refractivity contribution in [2.24, 2.45) is 0 Å². The van der Waals surface area contributed by atoms with Gasteiger partial charge in [-0.1, -0.05) is 81.4 Å². The van der Waals surface area contributed by atoms with Crippen LogP contribution in [0.4, 0.5) is 5.69 Å². The molecule has 0 bridgehead atoms. The molecule has 0 amide bonds. The number of hydrogen-bond acceptors (Lipinski definition) is 1. The van der Waals surface area contributed by atoms with Crippen LogP contribution in [0, 0.1) is 0 Å². The highest BCUT2D eigenvalue weighted by Crippen LogP contribution is 2.40. The summed E-state index contributed by atoms with van der Waals surface area (Å²) >= 11 is 0.927. The third kappa shape index (κ3) is 2.89. The predicted octanol–water partition coefficient (Wildman–Crippen LogP) is 7.82. The Bertz CT molecular complexity index is 1510. The second kappa shape index (κ2) is 6.42. The summed E-state index contributed by atoms with van der Waals surface area (Å²) in [6, 6.07) is 15.4. The normalized spacial score (nSPS) is 14.8. The molecule has 0 fully saturated rings. The molecule has 0 saturated heterocycles. The molecule has 1 nitrogen and oxygen atoms in total. The summed E-state index contributed by atoms with van der Waals surface area (Å²) in [6.07, 6.45) is 0. The molecule has 0 aliphatic carbocycles. The van der Waals surface area contributed by atoms with Crippen LogP contribution in [-0.4, -0.2) is 0 Å². The summed E-state index contributed by atoms with van der Waals surface area (Å²) in [5.41, 5.74) is 2.05. The molecule has 1 radical (unpaired) electrons. The van der Waals surface area contributed by atoms with E-state index in [0.29, 0.717) is 5.69 Å². The molecule has 0 unspecified atom stereocenters. The Balaban J connectivity index is 1.64. The molecule has 5 rings (SSSR count). The smallest absolute Gasteiger partial charge is 0.0796 e. The summed E-state index contributed by atoms with van der Waals surface area (Å²) in [5, 5.41) is 6.81. The maximum absolute atomic E-state index is 8.15. The fourth-order valence-corrected chi connectivity index (χ4v) is 4.24. The lowest BCUT2D eigenvalue weighted by Gasteiger charge is -2.21. The van der Waals surface area contributed by atoms with Gasteiger partial charge in [0.2, 0.25) is 0 Å². The van der Waals surface area contributed by atoms with E-state index >= 15 is 0 Å². The molecule has 0 aliphatic heterocycles. The third-order valence-corrected chi connectivity index (χ3v) is 5.83. The summed E-state index contributed by atoms with van der Waals surface area (Å²) in [4.78, 5) is 0.126. The highest BCUT2D eigenvalue weighted by Gasteiger charge is 2.17. The summed E-state index contributed by atoms with van der Waals surface area (Å²) < 4.78 is 44.5. The monoisotopic (exact) mass is 385 g/mol. The molecule has 137 valence electrons. The van der Waals surface area contributed by atoms with Crippen molar-refractivity contribution < 1.29 is 6.85 Å². The second-order valence-corrected chi connectivity index (χ2v) is 8.82. The highest BCUT2D eigenvalue weighted by molar-refractivity contribution is 7.97. The van der Waals surface area contributed by atoms with Gasteiger partial charge in [-0.05, 0) is 56.1 Å². The third-order valence-electron chi connectivity index (χ3n) is 5.15. The lowest BCUT2D eigenvalue weighted by molar-refractivity contribution is 0.591. The van der Waals surface area contributed by atoms with Crippen molar-refractivity contribution in [2.45, 2.75) is 31.1 Å². The van der Waals surface area contributed by atoms with Gasteiger partial charge in [-0.25, -0.2) is 4.72 Å². The van der Waals surface area contributed by atoms with Gasteiger partial charge < -0.3 is 0 Å². The molecule has 28 heavy (non-hydrogen) atoms. The topological polar surface area (TPSA) is 14.1 Å². The number of hydrogen-bond donors (Lipinski definition) is 0. The predicted molar refractivity (Wildman–Crippen MR) is 123 cm³/mol. The largest absolute Gasteiger partial charge is 0.211 e. The van der Waals surface area contributed by atoms with E-state index in [9.17, 15) is 0 Å². The van der Waals surface area contributed by atoms with E-state index in [1.807, 2.05) is 12.1 Å². The van der Waals surface area contributed by atoms with Crippen molar-refractivity contribution in [1.82, 2.24) is 4.72 Å². The van der Waals surface area contributed by atoms with E-state index in [4.69, 9.17) is 6.85 Å². The van der Waals surface area contributed by atoms with Crippen LogP contribution >= 0.6 is 11.9 Å². The van der Waals surface area contributed by atoms with Crippen LogP contribution in [0.3, 0.4) is 0 Å². The zero-order chi connectivity index (χ0) is 23.7. The van der Waals surface area contributed by atoms with Gasteiger partial charge in [0.1, 0.15) is 0 Å². The molecule has 5 aromatic carbocycles. The van der Waals surface area contributed by atoms with E-state index in [1.54, 1.807) is 0 Å². The summed E-state index contributed by atoms with van der Waals surface area (Å²) in [6.45, 7) is 6.65. The van der Waals surface area contributed by atoms with Gasteiger partial charge in [-0.15, -0.1) is 0 Å². The van der Waals surface area contributed by atoms with Crippen molar-refractivity contribution in [1.29, 1.82) is 0 Å². The first-order valence-electron chi connectivity index (χ1n) is 11.7. The second-order valence-electron chi connectivity index (χ2n) is 8.05. The van der Waals surface area contributed by atoms with E-state index in [-0.39, 0.29) is 34.5 Å². The van der Waals surface area contributed by atoms with Crippen LogP contribution in [0.25, 0.3) is 32.3 Å². The zero-order valence-corrected chi connectivity index (χ0v) is 16.8. The SMILES string of the molecule is [2H]c1c([2H])c([2H])c(S[N]c2ccc3ccc4cc(C(C)(C)C)cc5ccc2c3c45)c([2H])c1[2H]. The fraction of sp³-hybridized carbons (Fsp3) is 0.154. The van der Waals surface area contributed by atoms with Gasteiger partial charge in [0.25, 0.3) is 0 Å². The van der Waals surface area contributed by atoms with Gasteiger partial charge in [-0.2, -0.15) is 0 Å². The van der Waals surface area contributed by atoms with Crippen LogP contribution in [0.1, 0.15) is 33.2 Å². The van der Waals surface area contributed by atoms with Gasteiger partial charge >= 0.3 is 0 Å². The lowest BCUT2D eigenvalue weighted by atomic mass is 9.83. The van der Waals surface area contributed by atoms with Gasteiger partial charge in [-0.3, -0.25) is 0 Å². The number of rotatable bonds is 3. The van der Waals surface area contributed by atoms with Crippen molar-refractivity contribution >= 4 is 50.0 Å². The van der Waals surface area contributed by atoms with Crippen LogP contribution in [0.5, 0.6) is 0 Å². The molecule has 0 heterocycles. The maximum Gasteiger partial charge on any atom is 0.0796 e. The molecule has 0 atom stereocenters. The summed E-state index contributed by atoms with van der Waals surface area (Å²) in [7, 11) is 0. The van der Waals surface area contributed by atoms with Crippen molar-refractivity contribution in [3.63, 3.8) is 0 Å². The van der Waals surface area contributed by atoms with E-state index in [1.165, 1.54) is 21.7 Å². The van der Waals surface area contributed by atoms with E-state index in [0.717, 1.165) is 28.1 Å². The summed E-state index contributed by atoms with van der Waals surface area (Å²) in [5.74, 6) is 0. The van der Waals surface area contributed by atoms with Gasteiger partial charge in [0.15, 0.2) is 0 Å². The molecular formula is C26H22NS. The molecule has 2 heteroatoms. The Morgan fingerprint density at radius 3 is 2.14 bits per heavy atom. The van der Waals surface area contributed by atoms with Gasteiger partial charge in [0.05, 0.1) is 12.5 Å². The molecule has 0 saturated carbocycles. The average molecular weight is 386 g/mol. The van der Waals surface area contributed by atoms with Crippen molar-refractivity contribution in [3.8, 4) is 0 Å². The molecule has 0 aromatic heterocycles. The molecular weight excluding hydrogens is 358 g/mol. The highest BCUT2D eigenvalue weighted by atomic mass is 32.2. The Kier molecular flexibility index (Phi) is 2.91. The molecule has 0 N–H and O–H groups in total. The van der Waals surface area contributed by atoms with Crippen molar-refractivity contribution in [2.75, 3.05) is 0 Å². The first kappa shape index (κ1) is 12.7. The zero-order valence-electron chi connectivity index (χ0n) is 21.0. The average Bonchev–Trinajstić information content (AvgIpc) is 2.79. The van der Waals surface area contributed by atoms with Crippen molar-refractivity contribution in [3.05, 3.63) is 84.3 Å². The van der Waals surface area contributed by atoms with Crippen LogP contribution in [-0.2, 0) is 5.41 Å². The number of nitrogens with zero attached hydrogens (tertiary/aromatic N) is 1. The fourth-order valence-electron chi connectivity index (χ4n) is 3.70. The Morgan fingerprint density at radius 2 is 1.43 bits per heavy atom. The number of benzene rings is 5. The van der Waals surface area contributed by atoms with Gasteiger partial charge in [0, 0.05) is 22.2 Å². The maximum atomic E-state index is 8.15. The minimum atomic E-state index is -0.397. The molecule has 0 spiro atoms. The molecule has 5 aromatic rings. The minimum Gasteiger partial charge on any atom is -0.211 e. The Hall–Kier alpha value is -2.71. The van der Waals surface area contributed by atoms with E-state index < -0.39 is 6.04 Å². The minimum absolute atomic E-state index is 0.0471. The first-order chi connectivity index (χ1) is 15.6. The van der Waals surface area contributed by atoms with Crippen LogP contribution in [0.2, 0.25) is 0 Å². The first-order valence-corrected chi connectivity index (χ1v) is 10.0. The quantitative estimate of drug-likeness (QED) is 0.228. The van der Waals surface area contributed by atoms with E-state index in [2.05, 4.69) is 61.9 Å². The Labute approximate surface area is 177 Å². The van der Waals surface area contributed by atoms with Crippen LogP contribution < -0.4 is 4.72 Å². The standard InChI is InChI=1S/C26H22NS/c1-26(2,3)20-15-18-10-9-17-12-14-23(27-28-21-7-5-4-6-8-21)22-13-11-19(16-20)24(18)25(17)22/h4-16H,1-3H3/i4D,5D,6D,7D,8D. The Morgan fingerprint density at radius 1 is 0.786 bits per heavy atom. The lowest BCUT2D eigenvalue weighted by Crippen LogP contribution is -2.10.